The van der Waals surface area contributed by atoms with Crippen molar-refractivity contribution in [2.24, 2.45) is 0 Å². The van der Waals surface area contributed by atoms with E-state index in [1.54, 1.807) is 59.4 Å². The van der Waals surface area contributed by atoms with Crippen molar-refractivity contribution in [3.63, 3.8) is 0 Å². The number of rotatable bonds is 4. The van der Waals surface area contributed by atoms with Crippen LogP contribution in [0.2, 0.25) is 0 Å². The number of hydrogen-bond acceptors (Lipinski definition) is 5. The van der Waals surface area contributed by atoms with Gasteiger partial charge in [-0.3, -0.25) is 9.59 Å². The number of carbonyl (C=O) groups is 2. The van der Waals surface area contributed by atoms with Crippen molar-refractivity contribution < 1.29 is 19.1 Å². The zero-order chi connectivity index (χ0) is 19.4. The van der Waals surface area contributed by atoms with Crippen molar-refractivity contribution in [3.8, 4) is 11.5 Å². The fourth-order valence-corrected chi connectivity index (χ4v) is 3.11. The van der Waals surface area contributed by atoms with Crippen LogP contribution in [-0.2, 0) is 0 Å². The fourth-order valence-electron chi connectivity index (χ4n) is 3.11. The van der Waals surface area contributed by atoms with Gasteiger partial charge in [0.2, 0.25) is 0 Å². The van der Waals surface area contributed by atoms with E-state index < -0.39 is 0 Å². The van der Waals surface area contributed by atoms with Crippen LogP contribution in [0.1, 0.15) is 20.7 Å². The molecule has 1 saturated heterocycles. The highest BCUT2D eigenvalue weighted by Crippen LogP contribution is 2.26. The van der Waals surface area contributed by atoms with E-state index in [0.29, 0.717) is 54.5 Å². The Morgan fingerprint density at radius 2 is 1.54 bits per heavy atom. The number of nitrogens with two attached hydrogens (primary N) is 1. The first-order valence-corrected chi connectivity index (χ1v) is 8.69. The molecule has 28 heavy (non-hydrogen) atoms. The van der Waals surface area contributed by atoms with Gasteiger partial charge in [-0.25, -0.2) is 0 Å². The smallest absolute Gasteiger partial charge is 0.257 e. The first-order valence-electron chi connectivity index (χ1n) is 8.69. The van der Waals surface area contributed by atoms with Gasteiger partial charge >= 0.3 is 0 Å². The van der Waals surface area contributed by atoms with Crippen LogP contribution in [0, 0.1) is 0 Å². The molecule has 0 atom stereocenters. The Kier molecular flexibility index (Phi) is 7.12. The summed E-state index contributed by atoms with van der Waals surface area (Å²) in [6.07, 6.45) is 0. The number of anilines is 1. The molecule has 0 unspecified atom stereocenters. The van der Waals surface area contributed by atoms with Crippen molar-refractivity contribution in [2.45, 2.75) is 0 Å². The first kappa shape index (κ1) is 21.4. The topological polar surface area (TPSA) is 85.1 Å². The van der Waals surface area contributed by atoms with Crippen LogP contribution in [0.3, 0.4) is 0 Å². The van der Waals surface area contributed by atoms with Crippen molar-refractivity contribution >= 4 is 29.9 Å². The molecule has 0 aromatic heterocycles. The van der Waals surface area contributed by atoms with Crippen LogP contribution in [0.5, 0.6) is 11.5 Å². The third-order valence-corrected chi connectivity index (χ3v) is 4.63. The summed E-state index contributed by atoms with van der Waals surface area (Å²) in [6.45, 7) is 1.86. The van der Waals surface area contributed by atoms with Gasteiger partial charge in [-0.1, -0.05) is 6.07 Å². The summed E-state index contributed by atoms with van der Waals surface area (Å²) in [4.78, 5) is 28.9. The Labute approximate surface area is 170 Å². The number of nitrogens with zero attached hydrogens (tertiary/aromatic N) is 2. The van der Waals surface area contributed by atoms with Gasteiger partial charge in [-0.2, -0.15) is 0 Å². The van der Waals surface area contributed by atoms with Crippen molar-refractivity contribution in [2.75, 3.05) is 46.1 Å². The zero-order valence-electron chi connectivity index (χ0n) is 15.9. The maximum atomic E-state index is 12.9. The van der Waals surface area contributed by atoms with Crippen LogP contribution in [-0.4, -0.2) is 62.0 Å². The second kappa shape index (κ2) is 9.32. The minimum Gasteiger partial charge on any atom is -0.497 e. The summed E-state index contributed by atoms with van der Waals surface area (Å²) in [7, 11) is 3.08. The molecule has 1 fully saturated rings. The second-order valence-electron chi connectivity index (χ2n) is 6.28. The molecule has 0 aliphatic carbocycles. The number of benzene rings is 2. The van der Waals surface area contributed by atoms with Gasteiger partial charge in [0.05, 0.1) is 19.8 Å². The number of hydrogen-bond donors (Lipinski definition) is 1. The molecule has 0 saturated carbocycles. The second-order valence-corrected chi connectivity index (χ2v) is 6.28. The number of halogens is 1. The Balaban J connectivity index is 0.00000280. The molecular weight excluding hydrogens is 382 g/mol. The molecule has 8 heteroatoms. The standard InChI is InChI=1S/C20H23N3O4.ClH/c1-26-16-6-7-17(18(13-16)27-2)20(25)23-10-8-22(9-11-23)19(24)14-4-3-5-15(21)12-14;/h3-7,12-13H,8-11,21H2,1-2H3;1H. The number of piperazine rings is 1. The van der Waals surface area contributed by atoms with E-state index in [4.69, 9.17) is 15.2 Å². The average Bonchev–Trinajstić information content (AvgIpc) is 2.72. The van der Waals surface area contributed by atoms with Crippen LogP contribution in [0.15, 0.2) is 42.5 Å². The molecule has 150 valence electrons. The zero-order valence-corrected chi connectivity index (χ0v) is 16.7. The van der Waals surface area contributed by atoms with Crippen LogP contribution in [0.25, 0.3) is 0 Å². The monoisotopic (exact) mass is 405 g/mol. The van der Waals surface area contributed by atoms with Crippen molar-refractivity contribution in [1.29, 1.82) is 0 Å². The minimum atomic E-state index is -0.120. The third kappa shape index (κ3) is 4.48. The van der Waals surface area contributed by atoms with Crippen LogP contribution < -0.4 is 15.2 Å². The number of nitrogen functional groups attached to an aromatic ring is 1. The largest absolute Gasteiger partial charge is 0.497 e. The number of methoxy groups -OCH3 is 2. The summed E-state index contributed by atoms with van der Waals surface area (Å²) < 4.78 is 10.5. The lowest BCUT2D eigenvalue weighted by atomic mass is 10.1. The summed E-state index contributed by atoms with van der Waals surface area (Å²) in [6, 6.07) is 12.0. The van der Waals surface area contributed by atoms with E-state index in [-0.39, 0.29) is 24.2 Å². The highest BCUT2D eigenvalue weighted by Gasteiger charge is 2.27. The van der Waals surface area contributed by atoms with Gasteiger partial charge < -0.3 is 25.0 Å². The van der Waals surface area contributed by atoms with E-state index in [0.717, 1.165) is 0 Å². The van der Waals surface area contributed by atoms with Gasteiger partial charge in [0.1, 0.15) is 11.5 Å². The molecule has 1 aliphatic heterocycles. The summed E-state index contributed by atoms with van der Waals surface area (Å²) in [5, 5.41) is 0. The molecule has 2 N–H and O–H groups in total. The van der Waals surface area contributed by atoms with E-state index in [1.165, 1.54) is 7.11 Å². The van der Waals surface area contributed by atoms with Crippen molar-refractivity contribution in [1.82, 2.24) is 9.80 Å². The predicted octanol–water partition coefficient (Wildman–Crippen LogP) is 2.31. The number of amides is 2. The minimum absolute atomic E-state index is 0. The summed E-state index contributed by atoms with van der Waals surface area (Å²) in [5.41, 5.74) is 7.35. The molecule has 0 bridgehead atoms. The highest BCUT2D eigenvalue weighted by atomic mass is 35.5. The molecule has 0 radical (unpaired) electrons. The predicted molar refractivity (Wildman–Crippen MR) is 109 cm³/mol. The van der Waals surface area contributed by atoms with E-state index in [1.807, 2.05) is 0 Å². The lowest BCUT2D eigenvalue weighted by molar-refractivity contribution is 0.0533. The van der Waals surface area contributed by atoms with Gasteiger partial charge in [-0.05, 0) is 30.3 Å². The van der Waals surface area contributed by atoms with Gasteiger partial charge in [0.25, 0.3) is 11.8 Å². The fraction of sp³-hybridized carbons (Fsp3) is 0.300. The van der Waals surface area contributed by atoms with Crippen LogP contribution >= 0.6 is 12.4 Å². The highest BCUT2D eigenvalue weighted by molar-refractivity contribution is 5.98. The van der Waals surface area contributed by atoms with E-state index >= 15 is 0 Å². The maximum Gasteiger partial charge on any atom is 0.257 e. The molecule has 7 nitrogen and oxygen atoms in total. The van der Waals surface area contributed by atoms with E-state index in [2.05, 4.69) is 0 Å². The molecule has 1 aliphatic rings. The molecule has 2 aromatic rings. The molecule has 2 aromatic carbocycles. The first-order chi connectivity index (χ1) is 13.0. The Morgan fingerprint density at radius 1 is 0.893 bits per heavy atom. The number of carbonyl (C=O) groups excluding carboxylic acids is 2. The molecule has 3 rings (SSSR count). The van der Waals surface area contributed by atoms with Crippen molar-refractivity contribution in [3.05, 3.63) is 53.6 Å². The molecule has 1 heterocycles. The Bertz CT molecular complexity index is 851. The quantitative estimate of drug-likeness (QED) is 0.789. The average molecular weight is 406 g/mol. The van der Waals surface area contributed by atoms with Crippen LogP contribution in [0.4, 0.5) is 5.69 Å². The Hall–Kier alpha value is -2.93. The summed E-state index contributed by atoms with van der Waals surface area (Å²) >= 11 is 0. The normalized spacial score (nSPS) is 13.5. The SMILES string of the molecule is COc1ccc(C(=O)N2CCN(C(=O)c3cccc(N)c3)CC2)c(OC)c1.Cl. The van der Waals surface area contributed by atoms with Gasteiger partial charge in [0.15, 0.2) is 0 Å². The van der Waals surface area contributed by atoms with Gasteiger partial charge in [-0.15, -0.1) is 12.4 Å². The maximum absolute atomic E-state index is 12.9. The molecule has 0 spiro atoms. The Morgan fingerprint density at radius 3 is 2.11 bits per heavy atom. The van der Waals surface area contributed by atoms with E-state index in [9.17, 15) is 9.59 Å². The molecular formula is C20H24ClN3O4. The molecule has 2 amide bonds. The lowest BCUT2D eigenvalue weighted by Gasteiger charge is -2.35. The lowest BCUT2D eigenvalue weighted by Crippen LogP contribution is -2.50. The number of ether oxygens (including phenoxy) is 2. The van der Waals surface area contributed by atoms with Gasteiger partial charge in [0, 0.05) is 43.5 Å². The summed E-state index contributed by atoms with van der Waals surface area (Å²) in [5.74, 6) is 0.903. The third-order valence-electron chi connectivity index (χ3n) is 4.63.